The number of benzene rings is 1. The SMILES string of the molecule is CC(=O)NC1(c2noc(CCC(=O)N(C)CCOc3cc(C)cc(C)c3)n2)CCCCCC1. The van der Waals surface area contributed by atoms with E-state index in [1.54, 1.807) is 11.9 Å². The van der Waals surface area contributed by atoms with Gasteiger partial charge in [0.05, 0.1) is 6.54 Å². The van der Waals surface area contributed by atoms with Gasteiger partial charge in [-0.15, -0.1) is 0 Å². The second kappa shape index (κ2) is 11.3. The van der Waals surface area contributed by atoms with E-state index in [0.717, 1.165) is 55.4 Å². The zero-order valence-electron chi connectivity index (χ0n) is 20.3. The first-order chi connectivity index (χ1) is 15.8. The van der Waals surface area contributed by atoms with Gasteiger partial charge in [0.2, 0.25) is 17.7 Å². The minimum Gasteiger partial charge on any atom is -0.492 e. The Morgan fingerprint density at radius 2 is 1.79 bits per heavy atom. The second-order valence-electron chi connectivity index (χ2n) is 9.18. The Labute approximate surface area is 196 Å². The maximum absolute atomic E-state index is 12.6. The summed E-state index contributed by atoms with van der Waals surface area (Å²) in [6.45, 7) is 6.51. The number of hydrogen-bond acceptors (Lipinski definition) is 6. The summed E-state index contributed by atoms with van der Waals surface area (Å²) in [5, 5.41) is 7.26. The van der Waals surface area contributed by atoms with Crippen molar-refractivity contribution in [2.75, 3.05) is 20.2 Å². The molecule has 2 amide bonds. The first kappa shape index (κ1) is 24.7. The third-order valence-electron chi connectivity index (χ3n) is 6.14. The fourth-order valence-electron chi connectivity index (χ4n) is 4.47. The number of aromatic nitrogens is 2. The Balaban J connectivity index is 1.51. The summed E-state index contributed by atoms with van der Waals surface area (Å²) < 4.78 is 11.3. The van der Waals surface area contributed by atoms with Crippen molar-refractivity contribution in [3.8, 4) is 5.75 Å². The number of nitrogens with zero attached hydrogens (tertiary/aromatic N) is 3. The van der Waals surface area contributed by atoms with Crippen LogP contribution in [0.4, 0.5) is 0 Å². The molecule has 3 rings (SSSR count). The van der Waals surface area contributed by atoms with Crippen LogP contribution in [0, 0.1) is 13.8 Å². The highest BCUT2D eigenvalue weighted by atomic mass is 16.5. The van der Waals surface area contributed by atoms with Gasteiger partial charge in [-0.05, 0) is 49.9 Å². The van der Waals surface area contributed by atoms with E-state index in [4.69, 9.17) is 9.26 Å². The summed E-state index contributed by atoms with van der Waals surface area (Å²) in [6.07, 6.45) is 6.54. The first-order valence-corrected chi connectivity index (χ1v) is 11.8. The summed E-state index contributed by atoms with van der Waals surface area (Å²) in [5.41, 5.74) is 1.73. The van der Waals surface area contributed by atoms with Gasteiger partial charge in [-0.2, -0.15) is 4.98 Å². The van der Waals surface area contributed by atoms with Gasteiger partial charge in [0.15, 0.2) is 5.82 Å². The van der Waals surface area contributed by atoms with Gasteiger partial charge in [0.1, 0.15) is 17.9 Å². The third kappa shape index (κ3) is 7.04. The lowest BCUT2D eigenvalue weighted by molar-refractivity contribution is -0.130. The van der Waals surface area contributed by atoms with Crippen LogP contribution in [-0.2, 0) is 21.5 Å². The van der Waals surface area contributed by atoms with Crippen LogP contribution in [0.5, 0.6) is 5.75 Å². The van der Waals surface area contributed by atoms with Crippen molar-refractivity contribution in [3.63, 3.8) is 0 Å². The predicted molar refractivity (Wildman–Crippen MR) is 125 cm³/mol. The maximum Gasteiger partial charge on any atom is 0.227 e. The second-order valence-corrected chi connectivity index (χ2v) is 9.18. The first-order valence-electron chi connectivity index (χ1n) is 11.8. The lowest BCUT2D eigenvalue weighted by Crippen LogP contribution is -2.45. The van der Waals surface area contributed by atoms with Crippen LogP contribution in [0.25, 0.3) is 0 Å². The number of hydrogen-bond donors (Lipinski definition) is 1. The van der Waals surface area contributed by atoms with E-state index in [1.807, 2.05) is 26.0 Å². The lowest BCUT2D eigenvalue weighted by Gasteiger charge is -2.30. The smallest absolute Gasteiger partial charge is 0.227 e. The van der Waals surface area contributed by atoms with Crippen LogP contribution in [0.2, 0.25) is 0 Å². The molecule has 1 aliphatic carbocycles. The average molecular weight is 457 g/mol. The van der Waals surface area contributed by atoms with Gasteiger partial charge in [-0.25, -0.2) is 0 Å². The highest BCUT2D eigenvalue weighted by Crippen LogP contribution is 2.34. The molecule has 1 heterocycles. The highest BCUT2D eigenvalue weighted by molar-refractivity contribution is 5.76. The number of rotatable bonds is 9. The molecule has 1 aromatic heterocycles. The van der Waals surface area contributed by atoms with Crippen LogP contribution >= 0.6 is 0 Å². The van der Waals surface area contributed by atoms with Crippen molar-refractivity contribution in [1.29, 1.82) is 0 Å². The molecule has 0 bridgehead atoms. The van der Waals surface area contributed by atoms with Gasteiger partial charge >= 0.3 is 0 Å². The Morgan fingerprint density at radius 1 is 1.12 bits per heavy atom. The molecule has 1 N–H and O–H groups in total. The monoisotopic (exact) mass is 456 g/mol. The fraction of sp³-hybridized carbons (Fsp3) is 0.600. The van der Waals surface area contributed by atoms with E-state index in [1.165, 1.54) is 6.92 Å². The Kier molecular flexibility index (Phi) is 8.47. The normalized spacial score (nSPS) is 15.5. The molecule has 180 valence electrons. The van der Waals surface area contributed by atoms with E-state index in [9.17, 15) is 9.59 Å². The Morgan fingerprint density at radius 3 is 2.42 bits per heavy atom. The van der Waals surface area contributed by atoms with Crippen molar-refractivity contribution >= 4 is 11.8 Å². The average Bonchev–Trinajstić information content (AvgIpc) is 3.11. The number of ether oxygens (including phenoxy) is 1. The van der Waals surface area contributed by atoms with Crippen molar-refractivity contribution < 1.29 is 18.8 Å². The lowest BCUT2D eigenvalue weighted by atomic mass is 9.89. The summed E-state index contributed by atoms with van der Waals surface area (Å²) in [5.74, 6) is 1.66. The van der Waals surface area contributed by atoms with Crippen LogP contribution in [-0.4, -0.2) is 47.1 Å². The number of amides is 2. The molecule has 0 saturated heterocycles. The van der Waals surface area contributed by atoms with Crippen LogP contribution in [0.1, 0.15) is 74.7 Å². The van der Waals surface area contributed by atoms with E-state index in [2.05, 4.69) is 21.5 Å². The van der Waals surface area contributed by atoms with Crippen molar-refractivity contribution in [2.45, 2.75) is 77.7 Å². The van der Waals surface area contributed by atoms with E-state index < -0.39 is 5.54 Å². The quantitative estimate of drug-likeness (QED) is 0.576. The zero-order chi connectivity index (χ0) is 23.8. The van der Waals surface area contributed by atoms with Gasteiger partial charge in [-0.3, -0.25) is 9.59 Å². The topological polar surface area (TPSA) is 97.6 Å². The highest BCUT2D eigenvalue weighted by Gasteiger charge is 2.38. The van der Waals surface area contributed by atoms with Crippen LogP contribution < -0.4 is 10.1 Å². The summed E-state index contributed by atoms with van der Waals surface area (Å²) in [7, 11) is 1.77. The number of carbonyl (C=O) groups is 2. The zero-order valence-corrected chi connectivity index (χ0v) is 20.3. The minimum absolute atomic E-state index is 0.00943. The molecule has 0 spiro atoms. The molecule has 1 aliphatic rings. The predicted octanol–water partition coefficient (Wildman–Crippen LogP) is 3.84. The molecular formula is C25H36N4O4. The Hall–Kier alpha value is -2.90. The minimum atomic E-state index is -0.573. The van der Waals surface area contributed by atoms with Gasteiger partial charge < -0.3 is 19.5 Å². The summed E-state index contributed by atoms with van der Waals surface area (Å²) >= 11 is 0. The molecule has 2 aromatic rings. The van der Waals surface area contributed by atoms with E-state index in [0.29, 0.717) is 31.3 Å². The molecule has 0 radical (unpaired) electrons. The molecule has 0 unspecified atom stereocenters. The van der Waals surface area contributed by atoms with Crippen molar-refractivity contribution in [3.05, 3.63) is 41.0 Å². The number of nitrogens with one attached hydrogen (secondary N) is 1. The van der Waals surface area contributed by atoms with E-state index in [-0.39, 0.29) is 18.2 Å². The molecule has 1 fully saturated rings. The summed E-state index contributed by atoms with van der Waals surface area (Å²) in [4.78, 5) is 30.6. The number of carbonyl (C=O) groups excluding carboxylic acids is 2. The largest absolute Gasteiger partial charge is 0.492 e. The molecular weight excluding hydrogens is 420 g/mol. The molecule has 33 heavy (non-hydrogen) atoms. The number of aryl methyl sites for hydroxylation is 3. The van der Waals surface area contributed by atoms with Gasteiger partial charge in [0.25, 0.3) is 0 Å². The number of likely N-dealkylation sites (N-methyl/N-ethyl adjacent to an activating group) is 1. The standard InChI is InChI=1S/C25H36N4O4/c1-18-15-19(2)17-21(16-18)32-14-13-29(4)23(31)10-9-22-26-24(28-33-22)25(27-20(3)30)11-7-5-6-8-12-25/h15-17H,5-14H2,1-4H3,(H,27,30). The van der Waals surface area contributed by atoms with Crippen LogP contribution in [0.3, 0.4) is 0 Å². The molecule has 0 aliphatic heterocycles. The van der Waals surface area contributed by atoms with Crippen LogP contribution in [0.15, 0.2) is 22.7 Å². The molecule has 8 nitrogen and oxygen atoms in total. The fourth-order valence-corrected chi connectivity index (χ4v) is 4.47. The Bertz CT molecular complexity index is 927. The molecule has 1 aromatic carbocycles. The molecule has 8 heteroatoms. The van der Waals surface area contributed by atoms with Crippen molar-refractivity contribution in [2.24, 2.45) is 0 Å². The van der Waals surface area contributed by atoms with Gasteiger partial charge in [-0.1, -0.05) is 36.9 Å². The maximum atomic E-state index is 12.6. The van der Waals surface area contributed by atoms with Crippen molar-refractivity contribution in [1.82, 2.24) is 20.4 Å². The third-order valence-corrected chi connectivity index (χ3v) is 6.14. The van der Waals surface area contributed by atoms with Gasteiger partial charge in [0, 0.05) is 26.8 Å². The molecule has 0 atom stereocenters. The van der Waals surface area contributed by atoms with E-state index >= 15 is 0 Å². The summed E-state index contributed by atoms with van der Waals surface area (Å²) in [6, 6.07) is 6.08. The molecule has 1 saturated carbocycles.